The number of nitrogens with zero attached hydrogens (tertiary/aromatic N) is 2. The minimum Gasteiger partial charge on any atom is -0.507 e. The van der Waals surface area contributed by atoms with Crippen LogP contribution in [0, 0.1) is 0 Å². The summed E-state index contributed by atoms with van der Waals surface area (Å²) < 4.78 is 0. The fourth-order valence-electron chi connectivity index (χ4n) is 4.06. The van der Waals surface area contributed by atoms with Crippen molar-refractivity contribution in [2.45, 2.75) is 12.5 Å². The highest BCUT2D eigenvalue weighted by Crippen LogP contribution is 2.40. The molecule has 0 spiro atoms. The van der Waals surface area contributed by atoms with Crippen LogP contribution in [-0.4, -0.2) is 58.8 Å². The molecule has 1 aliphatic rings. The van der Waals surface area contributed by atoms with Crippen molar-refractivity contribution in [1.29, 1.82) is 0 Å². The van der Waals surface area contributed by atoms with Gasteiger partial charge in [-0.05, 0) is 38.7 Å². The Morgan fingerprint density at radius 1 is 1.07 bits per heavy atom. The highest BCUT2D eigenvalue weighted by atomic mass is 16.3. The number of carbonyl (C=O) groups excluding carboxylic acids is 2. The van der Waals surface area contributed by atoms with E-state index in [1.807, 2.05) is 73.6 Å². The van der Waals surface area contributed by atoms with E-state index < -0.39 is 17.7 Å². The molecule has 6 heteroatoms. The van der Waals surface area contributed by atoms with E-state index in [0.717, 1.165) is 29.4 Å². The van der Waals surface area contributed by atoms with Gasteiger partial charge in [-0.2, -0.15) is 0 Å². The summed E-state index contributed by atoms with van der Waals surface area (Å²) in [4.78, 5) is 32.7. The van der Waals surface area contributed by atoms with Crippen molar-refractivity contribution in [2.75, 3.05) is 27.2 Å². The van der Waals surface area contributed by atoms with E-state index in [2.05, 4.69) is 4.98 Å². The molecular weight excluding hydrogens is 378 g/mol. The SMILES string of the molecule is CN(C)CCCN1C(=O)C(=O)/C(=C(/O)c2c[nH]c3ccccc23)C1c1ccccc1. The van der Waals surface area contributed by atoms with Crippen molar-refractivity contribution in [3.05, 3.63) is 77.5 Å². The number of aliphatic hydroxyl groups excluding tert-OH is 1. The predicted octanol–water partition coefficient (Wildman–Crippen LogP) is 3.54. The van der Waals surface area contributed by atoms with Crippen LogP contribution < -0.4 is 0 Å². The number of aliphatic hydroxyl groups is 1. The van der Waals surface area contributed by atoms with Gasteiger partial charge in [0.15, 0.2) is 0 Å². The Labute approximate surface area is 175 Å². The Morgan fingerprint density at radius 3 is 2.50 bits per heavy atom. The average molecular weight is 403 g/mol. The van der Waals surface area contributed by atoms with E-state index in [-0.39, 0.29) is 11.3 Å². The Kier molecular flexibility index (Phi) is 5.42. The van der Waals surface area contributed by atoms with Gasteiger partial charge in [0.1, 0.15) is 5.76 Å². The summed E-state index contributed by atoms with van der Waals surface area (Å²) in [6.45, 7) is 1.24. The van der Waals surface area contributed by atoms with Crippen LogP contribution in [0.3, 0.4) is 0 Å². The van der Waals surface area contributed by atoms with E-state index in [9.17, 15) is 14.7 Å². The van der Waals surface area contributed by atoms with Gasteiger partial charge in [0, 0.05) is 29.2 Å². The molecule has 0 saturated carbocycles. The van der Waals surface area contributed by atoms with Crippen LogP contribution in [0.4, 0.5) is 0 Å². The highest BCUT2D eigenvalue weighted by Gasteiger charge is 2.45. The summed E-state index contributed by atoms with van der Waals surface area (Å²) in [7, 11) is 3.94. The number of likely N-dealkylation sites (tertiary alicyclic amines) is 1. The fourth-order valence-corrected chi connectivity index (χ4v) is 4.06. The number of benzene rings is 2. The van der Waals surface area contributed by atoms with E-state index in [1.165, 1.54) is 0 Å². The van der Waals surface area contributed by atoms with E-state index in [1.54, 1.807) is 11.1 Å². The first kappa shape index (κ1) is 19.9. The molecule has 4 rings (SSSR count). The van der Waals surface area contributed by atoms with E-state index in [4.69, 9.17) is 0 Å². The Balaban J connectivity index is 1.83. The van der Waals surface area contributed by atoms with Crippen LogP contribution in [0.1, 0.15) is 23.6 Å². The summed E-state index contributed by atoms with van der Waals surface area (Å²) in [6.07, 6.45) is 2.41. The Hall–Kier alpha value is -3.38. The van der Waals surface area contributed by atoms with Gasteiger partial charge in [-0.3, -0.25) is 9.59 Å². The van der Waals surface area contributed by atoms with Crippen molar-refractivity contribution >= 4 is 28.4 Å². The maximum atomic E-state index is 13.0. The molecule has 30 heavy (non-hydrogen) atoms. The lowest BCUT2D eigenvalue weighted by Gasteiger charge is -2.25. The molecule has 3 aromatic rings. The van der Waals surface area contributed by atoms with Gasteiger partial charge in [-0.25, -0.2) is 0 Å². The third-order valence-corrected chi connectivity index (χ3v) is 5.50. The molecule has 1 unspecified atom stereocenters. The minimum absolute atomic E-state index is 0.140. The number of aromatic amines is 1. The van der Waals surface area contributed by atoms with Crippen LogP contribution in [-0.2, 0) is 9.59 Å². The van der Waals surface area contributed by atoms with E-state index in [0.29, 0.717) is 12.1 Å². The van der Waals surface area contributed by atoms with Gasteiger partial charge in [0.05, 0.1) is 11.6 Å². The monoisotopic (exact) mass is 403 g/mol. The molecule has 6 nitrogen and oxygen atoms in total. The lowest BCUT2D eigenvalue weighted by Crippen LogP contribution is -2.32. The molecule has 1 aliphatic heterocycles. The first-order valence-corrected chi connectivity index (χ1v) is 10.0. The zero-order chi connectivity index (χ0) is 21.3. The number of rotatable bonds is 6. The maximum Gasteiger partial charge on any atom is 0.295 e. The van der Waals surface area contributed by atoms with Crippen molar-refractivity contribution in [3.8, 4) is 0 Å². The minimum atomic E-state index is -0.642. The number of carbonyl (C=O) groups is 2. The fraction of sp³-hybridized carbons (Fsp3) is 0.250. The number of hydrogen-bond donors (Lipinski definition) is 2. The van der Waals surface area contributed by atoms with Crippen molar-refractivity contribution < 1.29 is 14.7 Å². The number of amides is 1. The topological polar surface area (TPSA) is 76.6 Å². The maximum absolute atomic E-state index is 13.0. The third-order valence-electron chi connectivity index (χ3n) is 5.50. The molecule has 2 N–H and O–H groups in total. The number of ketones is 1. The number of aromatic nitrogens is 1. The van der Waals surface area contributed by atoms with Crippen molar-refractivity contribution in [1.82, 2.24) is 14.8 Å². The van der Waals surface area contributed by atoms with Gasteiger partial charge in [-0.1, -0.05) is 48.5 Å². The Bertz CT molecular complexity index is 1110. The summed E-state index contributed by atoms with van der Waals surface area (Å²) in [5.41, 5.74) is 2.33. The third kappa shape index (κ3) is 3.50. The van der Waals surface area contributed by atoms with Crippen LogP contribution in [0.15, 0.2) is 66.4 Å². The quantitative estimate of drug-likeness (QED) is 0.375. The van der Waals surface area contributed by atoms with Crippen LogP contribution in [0.2, 0.25) is 0 Å². The number of Topliss-reactive ketones (excluding diaryl/α,β-unsaturated/α-hetero) is 1. The van der Waals surface area contributed by atoms with Crippen molar-refractivity contribution in [2.24, 2.45) is 0 Å². The normalized spacial score (nSPS) is 18.6. The first-order chi connectivity index (χ1) is 14.5. The highest BCUT2D eigenvalue weighted by molar-refractivity contribution is 6.46. The average Bonchev–Trinajstić information content (AvgIpc) is 3.28. The molecular formula is C24H25N3O3. The molecule has 0 bridgehead atoms. The smallest absolute Gasteiger partial charge is 0.295 e. The second-order valence-corrected chi connectivity index (χ2v) is 7.81. The summed E-state index contributed by atoms with van der Waals surface area (Å²) in [5.74, 6) is -1.35. The molecule has 1 fully saturated rings. The number of fused-ring (bicyclic) bond motifs is 1. The summed E-state index contributed by atoms with van der Waals surface area (Å²) >= 11 is 0. The molecule has 0 radical (unpaired) electrons. The van der Waals surface area contributed by atoms with Crippen molar-refractivity contribution in [3.63, 3.8) is 0 Å². The molecule has 2 heterocycles. The number of hydrogen-bond acceptors (Lipinski definition) is 4. The largest absolute Gasteiger partial charge is 0.507 e. The van der Waals surface area contributed by atoms with Gasteiger partial charge in [-0.15, -0.1) is 0 Å². The zero-order valence-electron chi connectivity index (χ0n) is 17.1. The molecule has 2 aromatic carbocycles. The van der Waals surface area contributed by atoms with E-state index >= 15 is 0 Å². The lowest BCUT2D eigenvalue weighted by atomic mass is 9.95. The molecule has 0 aliphatic carbocycles. The molecule has 1 saturated heterocycles. The molecule has 1 atom stereocenters. The second kappa shape index (κ2) is 8.16. The molecule has 154 valence electrons. The van der Waals surface area contributed by atoms with Gasteiger partial charge >= 0.3 is 0 Å². The number of para-hydroxylation sites is 1. The standard InChI is InChI=1S/C24H25N3O3/c1-26(2)13-8-14-27-21(16-9-4-3-5-10-16)20(23(29)24(27)30)22(28)18-15-25-19-12-7-6-11-17(18)19/h3-7,9-12,15,21,25,28H,8,13-14H2,1-2H3/b22-20+. The Morgan fingerprint density at radius 2 is 1.77 bits per heavy atom. The molecule has 1 amide bonds. The molecule has 1 aromatic heterocycles. The summed E-state index contributed by atoms with van der Waals surface area (Å²) in [5, 5.41) is 12.0. The first-order valence-electron chi connectivity index (χ1n) is 10.0. The summed E-state index contributed by atoms with van der Waals surface area (Å²) in [6, 6.07) is 16.4. The van der Waals surface area contributed by atoms with Gasteiger partial charge in [0.25, 0.3) is 11.7 Å². The number of H-pyrrole nitrogens is 1. The van der Waals surface area contributed by atoms with Crippen LogP contribution >= 0.6 is 0 Å². The second-order valence-electron chi connectivity index (χ2n) is 7.81. The lowest BCUT2D eigenvalue weighted by molar-refractivity contribution is -0.139. The number of nitrogens with one attached hydrogen (secondary N) is 1. The zero-order valence-corrected chi connectivity index (χ0v) is 17.1. The van der Waals surface area contributed by atoms with Crippen LogP contribution in [0.5, 0.6) is 0 Å². The van der Waals surface area contributed by atoms with Gasteiger partial charge in [0.2, 0.25) is 0 Å². The van der Waals surface area contributed by atoms with Crippen LogP contribution in [0.25, 0.3) is 16.7 Å². The predicted molar refractivity (Wildman–Crippen MR) is 117 cm³/mol. The van der Waals surface area contributed by atoms with Gasteiger partial charge < -0.3 is 19.9 Å².